The fraction of sp³-hybridized carbons (Fsp3) is 0.526. The number of ether oxygens (including phenoxy) is 1. The molecule has 0 amide bonds. The number of hydrogen-bond acceptors (Lipinski definition) is 8. The molecule has 10 nitrogen and oxygen atoms in total. The molecule has 0 aliphatic carbocycles. The summed E-state index contributed by atoms with van der Waals surface area (Å²) in [6.07, 6.45) is 0.808. The van der Waals surface area contributed by atoms with Gasteiger partial charge >= 0.3 is 6.18 Å². The van der Waals surface area contributed by atoms with Gasteiger partial charge in [-0.2, -0.15) is 18.3 Å². The van der Waals surface area contributed by atoms with Crippen LogP contribution in [0.15, 0.2) is 23.6 Å². The van der Waals surface area contributed by atoms with Crippen LogP contribution in [0, 0.1) is 0 Å². The molecule has 6 rings (SSSR count). The zero-order valence-electron chi connectivity index (χ0n) is 17.5. The molecule has 2 unspecified atom stereocenters. The number of alkyl halides is 3. The number of hydrogen-bond donors (Lipinski definition) is 0. The van der Waals surface area contributed by atoms with Crippen LogP contribution < -0.4 is 15.4 Å². The molecule has 0 radical (unpaired) electrons. The number of anilines is 2. The van der Waals surface area contributed by atoms with Crippen LogP contribution in [0.2, 0.25) is 5.02 Å². The molecule has 33 heavy (non-hydrogen) atoms. The summed E-state index contributed by atoms with van der Waals surface area (Å²) in [5.41, 5.74) is 0.804. The van der Waals surface area contributed by atoms with E-state index in [1.54, 1.807) is 13.4 Å². The van der Waals surface area contributed by atoms with Crippen molar-refractivity contribution in [3.8, 4) is 0 Å². The van der Waals surface area contributed by atoms with Crippen molar-refractivity contribution in [1.29, 1.82) is 0 Å². The highest BCUT2D eigenvalue weighted by Crippen LogP contribution is 2.40. The molecule has 0 aromatic carbocycles. The van der Waals surface area contributed by atoms with Crippen LogP contribution in [0.5, 0.6) is 0 Å². The first-order chi connectivity index (χ1) is 15.8. The lowest BCUT2D eigenvalue weighted by Gasteiger charge is -2.57. The number of nitrogens with zero attached hydrogens (tertiary/aromatic N) is 8. The van der Waals surface area contributed by atoms with Crippen LogP contribution in [0.25, 0.3) is 11.2 Å². The molecule has 2 atom stereocenters. The van der Waals surface area contributed by atoms with Crippen molar-refractivity contribution in [3.05, 3.63) is 34.2 Å². The van der Waals surface area contributed by atoms with E-state index in [4.69, 9.17) is 16.3 Å². The maximum Gasteiger partial charge on any atom is 0.408 e. The van der Waals surface area contributed by atoms with Crippen molar-refractivity contribution < 1.29 is 17.9 Å². The van der Waals surface area contributed by atoms with E-state index in [0.29, 0.717) is 42.1 Å². The summed E-state index contributed by atoms with van der Waals surface area (Å²) in [4.78, 5) is 29.7. The van der Waals surface area contributed by atoms with E-state index in [2.05, 4.69) is 25.0 Å². The van der Waals surface area contributed by atoms with Gasteiger partial charge in [0.2, 0.25) is 0 Å². The Kier molecular flexibility index (Phi) is 5.40. The Labute approximate surface area is 190 Å². The molecular weight excluding hydrogens is 465 g/mol. The zero-order valence-corrected chi connectivity index (χ0v) is 18.3. The fourth-order valence-electron chi connectivity index (χ4n) is 4.52. The lowest BCUT2D eigenvalue weighted by molar-refractivity contribution is -0.143. The molecule has 3 aliphatic heterocycles. The van der Waals surface area contributed by atoms with Gasteiger partial charge in [0.1, 0.15) is 17.9 Å². The average molecular weight is 485 g/mol. The highest BCUT2D eigenvalue weighted by Gasteiger charge is 2.47. The smallest absolute Gasteiger partial charge is 0.383 e. The van der Waals surface area contributed by atoms with Crippen molar-refractivity contribution in [1.82, 2.24) is 29.3 Å². The molecule has 3 aromatic heterocycles. The Morgan fingerprint density at radius 3 is 2.67 bits per heavy atom. The van der Waals surface area contributed by atoms with Gasteiger partial charge in [0.15, 0.2) is 17.0 Å². The van der Waals surface area contributed by atoms with E-state index in [0.717, 1.165) is 17.9 Å². The Hall–Kier alpha value is -2.93. The molecule has 3 aromatic rings. The molecule has 176 valence electrons. The predicted molar refractivity (Wildman–Crippen MR) is 114 cm³/mol. The van der Waals surface area contributed by atoms with Gasteiger partial charge in [-0.05, 0) is 6.42 Å². The summed E-state index contributed by atoms with van der Waals surface area (Å²) in [7, 11) is 1.63. The third kappa shape index (κ3) is 3.88. The van der Waals surface area contributed by atoms with Crippen LogP contribution in [0.4, 0.5) is 24.7 Å². The van der Waals surface area contributed by atoms with Gasteiger partial charge in [-0.15, -0.1) is 0 Å². The molecule has 3 aliphatic rings. The van der Waals surface area contributed by atoms with E-state index < -0.39 is 18.3 Å². The second kappa shape index (κ2) is 8.13. The number of methoxy groups -OCH3 is 1. The molecule has 14 heteroatoms. The minimum atomic E-state index is -4.56. The van der Waals surface area contributed by atoms with Crippen molar-refractivity contribution in [2.45, 2.75) is 37.8 Å². The second-order valence-electron chi connectivity index (χ2n) is 8.08. The number of piperazine rings is 1. The molecular formula is C19H20ClF3N8O2. The minimum absolute atomic E-state index is 0.0830. The number of piperidine rings is 1. The predicted octanol–water partition coefficient (Wildman–Crippen LogP) is 1.71. The Morgan fingerprint density at radius 1 is 1.21 bits per heavy atom. The summed E-state index contributed by atoms with van der Waals surface area (Å²) in [5.74, 6) is 0.738. The van der Waals surface area contributed by atoms with E-state index in [-0.39, 0.29) is 17.1 Å². The first kappa shape index (κ1) is 21.9. The van der Waals surface area contributed by atoms with Gasteiger partial charge in [-0.3, -0.25) is 4.79 Å². The maximum absolute atomic E-state index is 12.7. The molecule has 2 bridgehead atoms. The average Bonchev–Trinajstić information content (AvgIpc) is 3.19. The van der Waals surface area contributed by atoms with Gasteiger partial charge in [-0.25, -0.2) is 19.6 Å². The van der Waals surface area contributed by atoms with E-state index in [1.165, 1.54) is 12.5 Å². The maximum atomic E-state index is 12.7. The summed E-state index contributed by atoms with van der Waals surface area (Å²) in [6.45, 7) is 0.722. The van der Waals surface area contributed by atoms with Gasteiger partial charge in [0, 0.05) is 26.7 Å². The molecule has 6 heterocycles. The zero-order chi connectivity index (χ0) is 23.3. The Balaban J connectivity index is 1.37. The standard InChI is InChI=1S/C19H20ClF3N8O2/c1-33-3-2-28-10-26-15-16(28)24-9-25-17(15)31-11-4-12(31)7-29(6-11)13-5-27-30(8-19(21,22)23)18(32)14(13)20/h5,9-12H,2-4,6-8H2,1H3. The van der Waals surface area contributed by atoms with Gasteiger partial charge in [0.05, 0.1) is 36.9 Å². The van der Waals surface area contributed by atoms with Crippen molar-refractivity contribution in [2.75, 3.05) is 36.6 Å². The highest BCUT2D eigenvalue weighted by molar-refractivity contribution is 6.33. The van der Waals surface area contributed by atoms with Gasteiger partial charge < -0.3 is 19.1 Å². The number of imidazole rings is 1. The number of halogens is 4. The number of aromatic nitrogens is 6. The molecule has 3 saturated heterocycles. The number of fused-ring (bicyclic) bond motifs is 3. The topological polar surface area (TPSA) is 94.2 Å². The summed E-state index contributed by atoms with van der Waals surface area (Å²) in [5, 5.41) is 3.42. The lowest BCUT2D eigenvalue weighted by atomic mass is 9.87. The Bertz CT molecular complexity index is 1230. The third-order valence-corrected chi connectivity index (χ3v) is 6.35. The third-order valence-electron chi connectivity index (χ3n) is 5.99. The van der Waals surface area contributed by atoms with Crippen LogP contribution in [-0.4, -0.2) is 74.4 Å². The van der Waals surface area contributed by atoms with E-state index in [1.807, 2.05) is 9.47 Å². The van der Waals surface area contributed by atoms with Crippen molar-refractivity contribution >= 4 is 34.3 Å². The van der Waals surface area contributed by atoms with Crippen LogP contribution in [0.3, 0.4) is 0 Å². The monoisotopic (exact) mass is 484 g/mol. The highest BCUT2D eigenvalue weighted by atomic mass is 35.5. The fourth-order valence-corrected chi connectivity index (χ4v) is 4.79. The molecule has 0 saturated carbocycles. The molecule has 0 spiro atoms. The SMILES string of the molecule is COCCn1cnc2c(N3C4CC3CN(c3cnn(CC(F)(F)F)c(=O)c3Cl)C4)ncnc21. The van der Waals surface area contributed by atoms with E-state index in [9.17, 15) is 18.0 Å². The quantitative estimate of drug-likeness (QED) is 0.522. The van der Waals surface area contributed by atoms with E-state index >= 15 is 0 Å². The first-order valence-electron chi connectivity index (χ1n) is 10.3. The van der Waals surface area contributed by atoms with Crippen LogP contribution in [0.1, 0.15) is 6.42 Å². The normalized spacial score (nSPS) is 20.4. The first-order valence-corrected chi connectivity index (χ1v) is 10.6. The second-order valence-corrected chi connectivity index (χ2v) is 8.46. The molecule has 0 N–H and O–H groups in total. The Morgan fingerprint density at radius 2 is 1.97 bits per heavy atom. The summed E-state index contributed by atoms with van der Waals surface area (Å²) < 4.78 is 45.4. The lowest BCUT2D eigenvalue weighted by Crippen LogP contribution is -2.69. The number of rotatable bonds is 6. The minimum Gasteiger partial charge on any atom is -0.383 e. The summed E-state index contributed by atoms with van der Waals surface area (Å²) >= 11 is 6.16. The summed E-state index contributed by atoms with van der Waals surface area (Å²) in [6, 6.07) is 0.166. The van der Waals surface area contributed by atoms with Gasteiger partial charge in [0.25, 0.3) is 5.56 Å². The molecule has 3 fully saturated rings. The van der Waals surface area contributed by atoms with Crippen LogP contribution >= 0.6 is 11.6 Å². The van der Waals surface area contributed by atoms with Crippen molar-refractivity contribution in [3.63, 3.8) is 0 Å². The largest absolute Gasteiger partial charge is 0.408 e. The van der Waals surface area contributed by atoms with Crippen LogP contribution in [-0.2, 0) is 17.8 Å². The van der Waals surface area contributed by atoms with Gasteiger partial charge in [-0.1, -0.05) is 11.6 Å². The van der Waals surface area contributed by atoms with Crippen molar-refractivity contribution in [2.24, 2.45) is 0 Å².